The minimum absolute atomic E-state index is 0.0470. The van der Waals surface area contributed by atoms with Crippen molar-refractivity contribution in [3.8, 4) is 22.3 Å². The van der Waals surface area contributed by atoms with Crippen molar-refractivity contribution in [1.82, 2.24) is 20.2 Å². The van der Waals surface area contributed by atoms with Gasteiger partial charge in [0.05, 0.1) is 11.0 Å². The van der Waals surface area contributed by atoms with E-state index in [0.717, 1.165) is 71.2 Å². The molecule has 9 heteroatoms. The summed E-state index contributed by atoms with van der Waals surface area (Å²) in [4.78, 5) is 36.0. The molecule has 3 heterocycles. The number of nitrogens with zero attached hydrogens (tertiary/aromatic N) is 2. The Morgan fingerprint density at radius 3 is 2.30 bits per heavy atom. The number of H-pyrrole nitrogens is 1. The molecule has 1 aliphatic carbocycles. The maximum atomic E-state index is 12.9. The number of nitrogens with one attached hydrogen (secondary N) is 2. The predicted molar refractivity (Wildman–Crippen MR) is 175 cm³/mol. The first kappa shape index (κ1) is 28.9. The highest BCUT2D eigenvalue weighted by Gasteiger charge is 2.64. The number of ether oxygens (including phenoxy) is 1. The van der Waals surface area contributed by atoms with Gasteiger partial charge in [-0.05, 0) is 99.4 Å². The van der Waals surface area contributed by atoms with E-state index in [9.17, 15) is 9.59 Å². The van der Waals surface area contributed by atoms with Gasteiger partial charge in [0.15, 0.2) is 0 Å². The van der Waals surface area contributed by atoms with Crippen LogP contribution in [0.2, 0.25) is 0 Å². The Kier molecular flexibility index (Phi) is 7.21. The summed E-state index contributed by atoms with van der Waals surface area (Å²) in [5, 5.41) is 3.14. The Labute approximate surface area is 262 Å². The zero-order chi connectivity index (χ0) is 30.6. The smallest absolute Gasteiger partial charge is 0.411 e. The summed E-state index contributed by atoms with van der Waals surface area (Å²) in [6.07, 6.45) is 4.63. The van der Waals surface area contributed by atoms with Crippen LogP contribution in [0.4, 0.5) is 4.79 Å². The first-order chi connectivity index (χ1) is 21.1. The molecular weight excluding hydrogens is 570 g/mol. The molecule has 1 unspecified atom stereocenters. The maximum Gasteiger partial charge on any atom is 0.411 e. The molecule has 0 radical (unpaired) electrons. The van der Waals surface area contributed by atoms with E-state index in [-0.39, 0.29) is 34.2 Å². The number of benzene rings is 3. The van der Waals surface area contributed by atoms with E-state index < -0.39 is 5.60 Å². The number of hydrogen-bond donors (Lipinski definition) is 3. The summed E-state index contributed by atoms with van der Waals surface area (Å²) >= 11 is 1.79. The van der Waals surface area contributed by atoms with Crippen molar-refractivity contribution in [2.45, 2.75) is 80.7 Å². The van der Waals surface area contributed by atoms with Crippen molar-refractivity contribution >= 4 is 34.8 Å². The van der Waals surface area contributed by atoms with Crippen LogP contribution in [0.25, 0.3) is 33.3 Å². The van der Waals surface area contributed by atoms with Crippen molar-refractivity contribution in [1.29, 1.82) is 0 Å². The third kappa shape index (κ3) is 5.48. The van der Waals surface area contributed by atoms with Gasteiger partial charge in [0.25, 0.3) is 5.91 Å². The number of amides is 2. The Morgan fingerprint density at radius 1 is 0.977 bits per heavy atom. The van der Waals surface area contributed by atoms with Gasteiger partial charge in [-0.15, -0.1) is 11.8 Å². The molecule has 4 atom stereocenters. The Balaban J connectivity index is 1.05. The van der Waals surface area contributed by atoms with Crippen LogP contribution < -0.4 is 11.1 Å². The number of rotatable bonds is 5. The number of likely N-dealkylation sites (tertiary alicyclic amines) is 1. The zero-order valence-corrected chi connectivity index (χ0v) is 26.2. The highest BCUT2D eigenvalue weighted by Crippen LogP contribution is 2.66. The summed E-state index contributed by atoms with van der Waals surface area (Å²) in [7, 11) is 0. The largest absolute Gasteiger partial charge is 0.444 e. The number of carbonyl (C=O) groups is 2. The number of piperidine rings is 1. The molecule has 7 rings (SSSR count). The van der Waals surface area contributed by atoms with E-state index in [1.165, 1.54) is 0 Å². The third-order valence-electron chi connectivity index (χ3n) is 8.99. The van der Waals surface area contributed by atoms with Crippen LogP contribution >= 0.6 is 11.8 Å². The maximum absolute atomic E-state index is 12.9. The minimum atomic E-state index is -0.517. The minimum Gasteiger partial charge on any atom is -0.444 e. The summed E-state index contributed by atoms with van der Waals surface area (Å²) in [6, 6.07) is 22.7. The Morgan fingerprint density at radius 2 is 1.64 bits per heavy atom. The van der Waals surface area contributed by atoms with Crippen LogP contribution in [0.3, 0.4) is 0 Å². The number of aromatic nitrogens is 2. The predicted octanol–water partition coefficient (Wildman–Crippen LogP) is 6.81. The molecule has 1 saturated carbocycles. The molecule has 3 aliphatic rings. The molecule has 0 spiro atoms. The fraction of sp³-hybridized carbons (Fsp3) is 0.400. The summed E-state index contributed by atoms with van der Waals surface area (Å²) in [5.74, 6) is 0.873. The molecule has 2 saturated heterocycles. The molecule has 44 heavy (non-hydrogen) atoms. The Bertz CT molecular complexity index is 1710. The highest BCUT2D eigenvalue weighted by atomic mass is 32.2. The lowest BCUT2D eigenvalue weighted by molar-refractivity contribution is 0.0188. The van der Waals surface area contributed by atoms with Crippen LogP contribution in [0, 0.1) is 0 Å². The van der Waals surface area contributed by atoms with E-state index in [2.05, 4.69) is 52.8 Å². The number of thioether (sulfide) groups is 1. The van der Waals surface area contributed by atoms with Crippen LogP contribution in [0.5, 0.6) is 0 Å². The summed E-state index contributed by atoms with van der Waals surface area (Å²) < 4.78 is 5.48. The standard InChI is InChI=1S/C35H39N5O3S/c1-34(2,3)43-33(42)40-19-5-18-35(32(40)44-35)31-38-28-17-16-25(20-29(28)39-31)23-10-8-21(9-11-23)22-12-14-24(15-13-22)30(41)37-27-7-4-6-26(27)36/h8-17,20,26-27,32H,4-7,18-19,36H2,1-3H3,(H,37,41)(H,38,39)/t26-,27-,32?,35-/m0/s1. The molecule has 3 fully saturated rings. The first-order valence-electron chi connectivity index (χ1n) is 15.5. The lowest BCUT2D eigenvalue weighted by atomic mass is 9.97. The topological polar surface area (TPSA) is 113 Å². The average molecular weight is 610 g/mol. The molecule has 3 aromatic carbocycles. The van der Waals surface area contributed by atoms with Crippen LogP contribution in [0.1, 0.15) is 69.1 Å². The van der Waals surface area contributed by atoms with Gasteiger partial charge in [-0.2, -0.15) is 0 Å². The molecular formula is C35H39N5O3S. The summed E-state index contributed by atoms with van der Waals surface area (Å²) in [6.45, 7) is 6.42. The van der Waals surface area contributed by atoms with Gasteiger partial charge in [-0.25, -0.2) is 9.78 Å². The van der Waals surface area contributed by atoms with Gasteiger partial charge in [0.2, 0.25) is 0 Å². The van der Waals surface area contributed by atoms with Gasteiger partial charge in [-0.3, -0.25) is 9.69 Å². The van der Waals surface area contributed by atoms with Crippen molar-refractivity contribution < 1.29 is 14.3 Å². The molecule has 4 N–H and O–H groups in total. The normalized spacial score (nSPS) is 24.6. The van der Waals surface area contributed by atoms with E-state index >= 15 is 0 Å². The molecule has 0 bridgehead atoms. The van der Waals surface area contributed by atoms with Gasteiger partial charge in [0.1, 0.15) is 21.5 Å². The SMILES string of the molecule is CC(C)(C)OC(=O)N1CCC[C@@]2(c3nc4ccc(-c5ccc(-c6ccc(C(=O)N[C@H]7CCC[C@@H]7N)cc6)cc5)cc4[nH]3)SC12. The molecule has 2 amide bonds. The number of aromatic amines is 1. The average Bonchev–Trinajstić information content (AvgIpc) is 3.41. The highest BCUT2D eigenvalue weighted by molar-refractivity contribution is 8.08. The van der Waals surface area contributed by atoms with Gasteiger partial charge < -0.3 is 20.8 Å². The number of carbonyl (C=O) groups excluding carboxylic acids is 2. The Hall–Kier alpha value is -3.82. The second-order valence-corrected chi connectivity index (χ2v) is 14.7. The van der Waals surface area contributed by atoms with E-state index in [1.54, 1.807) is 11.8 Å². The first-order valence-corrected chi connectivity index (χ1v) is 16.4. The summed E-state index contributed by atoms with van der Waals surface area (Å²) in [5.41, 5.74) is 12.5. The van der Waals surface area contributed by atoms with Crippen LogP contribution in [-0.2, 0) is 9.48 Å². The number of fused-ring (bicyclic) bond motifs is 2. The van der Waals surface area contributed by atoms with E-state index in [0.29, 0.717) is 12.1 Å². The number of imidazole rings is 1. The second kappa shape index (κ2) is 11.0. The van der Waals surface area contributed by atoms with Crippen molar-refractivity contribution in [2.75, 3.05) is 6.54 Å². The van der Waals surface area contributed by atoms with Gasteiger partial charge in [-0.1, -0.05) is 42.5 Å². The van der Waals surface area contributed by atoms with E-state index in [4.69, 9.17) is 15.5 Å². The lowest BCUT2D eigenvalue weighted by Gasteiger charge is -2.31. The number of nitrogens with two attached hydrogens (primary N) is 1. The third-order valence-corrected chi connectivity index (χ3v) is 10.7. The fourth-order valence-corrected chi connectivity index (χ4v) is 8.05. The molecule has 1 aromatic heterocycles. The molecule has 4 aromatic rings. The fourth-order valence-electron chi connectivity index (χ4n) is 6.57. The molecule has 228 valence electrons. The van der Waals surface area contributed by atoms with Crippen molar-refractivity contribution in [3.05, 3.63) is 78.1 Å². The van der Waals surface area contributed by atoms with Gasteiger partial charge in [0, 0.05) is 24.2 Å². The van der Waals surface area contributed by atoms with Gasteiger partial charge >= 0.3 is 6.09 Å². The second-order valence-electron chi connectivity index (χ2n) is 13.3. The van der Waals surface area contributed by atoms with E-state index in [1.807, 2.05) is 49.9 Å². The van der Waals surface area contributed by atoms with Crippen molar-refractivity contribution in [3.63, 3.8) is 0 Å². The zero-order valence-electron chi connectivity index (χ0n) is 25.4. The molecule has 8 nitrogen and oxygen atoms in total. The number of hydrogen-bond acceptors (Lipinski definition) is 6. The molecule has 2 aliphatic heterocycles. The van der Waals surface area contributed by atoms with Crippen molar-refractivity contribution in [2.24, 2.45) is 5.73 Å². The van der Waals surface area contributed by atoms with Crippen LogP contribution in [-0.4, -0.2) is 56.5 Å². The quantitative estimate of drug-likeness (QED) is 0.214. The lowest BCUT2D eigenvalue weighted by Crippen LogP contribution is -2.44. The van der Waals surface area contributed by atoms with Crippen LogP contribution in [0.15, 0.2) is 66.7 Å². The monoisotopic (exact) mass is 609 g/mol.